The number of carbonyl (C=O) groups is 3. The van der Waals surface area contributed by atoms with E-state index in [4.69, 9.17) is 5.84 Å². The number of nitrogen functional groups attached to an aromatic ring is 1. The second-order valence-corrected chi connectivity index (χ2v) is 10.4. The van der Waals surface area contributed by atoms with Gasteiger partial charge in [0, 0.05) is 80.7 Å². The summed E-state index contributed by atoms with van der Waals surface area (Å²) < 4.78 is 0. The summed E-state index contributed by atoms with van der Waals surface area (Å²) in [6.45, 7) is 3.09. The van der Waals surface area contributed by atoms with E-state index in [2.05, 4.69) is 26.0 Å². The Morgan fingerprint density at radius 3 is 1.36 bits per heavy atom. The van der Waals surface area contributed by atoms with Gasteiger partial charge in [0.25, 0.3) is 5.91 Å². The summed E-state index contributed by atoms with van der Waals surface area (Å²) >= 11 is 0. The topological polar surface area (TPSA) is 151 Å². The lowest BCUT2D eigenvalue weighted by atomic mass is 10.1. The van der Waals surface area contributed by atoms with Crippen molar-refractivity contribution in [3.63, 3.8) is 0 Å². The first-order valence-electron chi connectivity index (χ1n) is 14.1. The number of nitrogens with one attached hydrogen (secondary N) is 3. The molecule has 13 heteroatoms. The monoisotopic (exact) mass is 596 g/mol. The molecule has 3 aromatic carbocycles. The molecule has 228 valence electrons. The minimum atomic E-state index is -0.561. The summed E-state index contributed by atoms with van der Waals surface area (Å²) in [5.74, 6) is 6.55. The number of rotatable bonds is 7. The van der Waals surface area contributed by atoms with Crippen molar-refractivity contribution in [3.05, 3.63) is 83.4 Å². The van der Waals surface area contributed by atoms with Crippen LogP contribution in [0, 0.1) is 0 Å². The first-order valence-corrected chi connectivity index (χ1v) is 14.1. The number of carbonyl (C=O) groups excluding carboxylic acids is 3. The van der Waals surface area contributed by atoms with E-state index in [0.29, 0.717) is 22.7 Å². The van der Waals surface area contributed by atoms with Gasteiger partial charge < -0.3 is 10.6 Å². The molecule has 0 aromatic heterocycles. The number of hydrogen-bond donors (Lipinski definition) is 4. The number of urea groups is 2. The van der Waals surface area contributed by atoms with Crippen LogP contribution in [0.4, 0.5) is 32.3 Å². The van der Waals surface area contributed by atoms with E-state index in [-0.39, 0.29) is 17.6 Å². The standard InChI is InChI=1S/C31H36N10O3/c1-38(23-9-5-20(6-10-23)27-33-13-14-34-27)30(43)40(3)25-17-22(29(42)37-32)18-26(19-25)41(4)31(44)39(2)24-11-7-21(8-12-24)28-35-15-16-36-28/h5-12,17-19H,13-16,32H2,1-4H3,(H,33,34)(H,35,36)(H,37,42). The summed E-state index contributed by atoms with van der Waals surface area (Å²) in [5, 5.41) is 6.47. The Balaban J connectivity index is 1.36. The SMILES string of the molecule is CN(C(=O)N(C)c1cc(C(=O)NN)cc(N(C)C(=O)N(C)c2ccc(C3=NCCN3)cc2)c1)c1ccc(C2=NCCN2)cc1. The van der Waals surface area contributed by atoms with Crippen molar-refractivity contribution in [2.45, 2.75) is 0 Å². The lowest BCUT2D eigenvalue weighted by Crippen LogP contribution is -2.40. The molecule has 5 amide bonds. The molecule has 0 aliphatic carbocycles. The fraction of sp³-hybridized carbons (Fsp3) is 0.258. The molecule has 5 rings (SSSR count). The number of anilines is 4. The maximum absolute atomic E-state index is 13.6. The van der Waals surface area contributed by atoms with Gasteiger partial charge in [0.15, 0.2) is 0 Å². The van der Waals surface area contributed by atoms with Gasteiger partial charge in [-0.05, 0) is 66.7 Å². The van der Waals surface area contributed by atoms with Gasteiger partial charge in [0.05, 0.1) is 13.1 Å². The van der Waals surface area contributed by atoms with E-state index >= 15 is 0 Å². The van der Waals surface area contributed by atoms with Gasteiger partial charge in [0.1, 0.15) is 11.7 Å². The van der Waals surface area contributed by atoms with Crippen molar-refractivity contribution in [2.24, 2.45) is 15.8 Å². The Labute approximate surface area is 256 Å². The molecule has 2 heterocycles. The zero-order chi connectivity index (χ0) is 31.4. The fourth-order valence-corrected chi connectivity index (χ4v) is 4.96. The Morgan fingerprint density at radius 2 is 1.02 bits per heavy atom. The molecule has 0 saturated carbocycles. The predicted molar refractivity (Wildman–Crippen MR) is 174 cm³/mol. The number of hydrogen-bond acceptors (Lipinski definition) is 8. The second kappa shape index (κ2) is 12.8. The number of benzene rings is 3. The average Bonchev–Trinajstić information content (AvgIpc) is 3.81. The van der Waals surface area contributed by atoms with Crippen LogP contribution in [0.3, 0.4) is 0 Å². The van der Waals surface area contributed by atoms with Crippen LogP contribution < -0.4 is 41.5 Å². The zero-order valence-corrected chi connectivity index (χ0v) is 25.2. The molecule has 2 aliphatic rings. The van der Waals surface area contributed by atoms with Crippen molar-refractivity contribution >= 4 is 52.4 Å². The third kappa shape index (κ3) is 6.17. The molecule has 5 N–H and O–H groups in total. The summed E-state index contributed by atoms with van der Waals surface area (Å²) in [6.07, 6.45) is 0. The van der Waals surface area contributed by atoms with E-state index in [1.165, 1.54) is 19.6 Å². The fourth-order valence-electron chi connectivity index (χ4n) is 4.96. The Kier molecular flexibility index (Phi) is 8.76. The highest BCUT2D eigenvalue weighted by atomic mass is 16.2. The maximum atomic E-state index is 13.6. The van der Waals surface area contributed by atoms with Gasteiger partial charge in [0.2, 0.25) is 0 Å². The molecule has 2 aliphatic heterocycles. The molecule has 0 unspecified atom stereocenters. The highest BCUT2D eigenvalue weighted by Gasteiger charge is 2.23. The summed E-state index contributed by atoms with van der Waals surface area (Å²) in [6, 6.07) is 19.1. The highest BCUT2D eigenvalue weighted by molar-refractivity contribution is 6.08. The molecule has 0 fully saturated rings. The summed E-state index contributed by atoms with van der Waals surface area (Å²) in [4.78, 5) is 54.4. The molecule has 3 aromatic rings. The molecular formula is C31H36N10O3. The van der Waals surface area contributed by atoms with Crippen LogP contribution in [-0.2, 0) is 0 Å². The Bertz CT molecular complexity index is 1510. The normalized spacial score (nSPS) is 13.7. The molecule has 0 spiro atoms. The quantitative estimate of drug-likeness (QED) is 0.187. The van der Waals surface area contributed by atoms with Gasteiger partial charge in [-0.3, -0.25) is 39.8 Å². The lowest BCUT2D eigenvalue weighted by Gasteiger charge is -2.28. The van der Waals surface area contributed by atoms with Crippen molar-refractivity contribution < 1.29 is 14.4 Å². The molecule has 44 heavy (non-hydrogen) atoms. The number of nitrogens with two attached hydrogens (primary N) is 1. The minimum Gasteiger partial charge on any atom is -0.368 e. The minimum absolute atomic E-state index is 0.188. The van der Waals surface area contributed by atoms with Gasteiger partial charge in [-0.15, -0.1) is 0 Å². The molecule has 0 radical (unpaired) electrons. The van der Waals surface area contributed by atoms with Crippen LogP contribution in [-0.4, -0.2) is 84.0 Å². The van der Waals surface area contributed by atoms with Gasteiger partial charge in [-0.2, -0.15) is 0 Å². The van der Waals surface area contributed by atoms with Crippen molar-refractivity contribution in [3.8, 4) is 0 Å². The van der Waals surface area contributed by atoms with E-state index in [0.717, 1.165) is 49.0 Å². The average molecular weight is 597 g/mol. The smallest absolute Gasteiger partial charge is 0.328 e. The van der Waals surface area contributed by atoms with Crippen molar-refractivity contribution in [1.29, 1.82) is 0 Å². The highest BCUT2D eigenvalue weighted by Crippen LogP contribution is 2.28. The van der Waals surface area contributed by atoms with Crippen molar-refractivity contribution in [2.75, 3.05) is 74.0 Å². The largest absolute Gasteiger partial charge is 0.368 e. The van der Waals surface area contributed by atoms with Crippen LogP contribution >= 0.6 is 0 Å². The van der Waals surface area contributed by atoms with E-state index in [1.807, 2.05) is 48.5 Å². The van der Waals surface area contributed by atoms with Gasteiger partial charge in [-0.1, -0.05) is 0 Å². The molecule has 0 bridgehead atoms. The van der Waals surface area contributed by atoms with Gasteiger partial charge >= 0.3 is 12.1 Å². The third-order valence-electron chi connectivity index (χ3n) is 7.62. The zero-order valence-electron chi connectivity index (χ0n) is 25.2. The lowest BCUT2D eigenvalue weighted by molar-refractivity contribution is 0.0953. The molecule has 13 nitrogen and oxygen atoms in total. The number of amidine groups is 2. The molecule has 0 saturated heterocycles. The molecular weight excluding hydrogens is 560 g/mol. The Hall–Kier alpha value is -5.43. The number of amides is 5. The van der Waals surface area contributed by atoms with Crippen LogP contribution in [0.25, 0.3) is 0 Å². The van der Waals surface area contributed by atoms with Crippen LogP contribution in [0.1, 0.15) is 21.5 Å². The first kappa shape index (κ1) is 30.0. The predicted octanol–water partition coefficient (Wildman–Crippen LogP) is 2.37. The molecule has 0 atom stereocenters. The van der Waals surface area contributed by atoms with Crippen LogP contribution in [0.5, 0.6) is 0 Å². The number of nitrogens with zero attached hydrogens (tertiary/aromatic N) is 6. The Morgan fingerprint density at radius 1 is 0.636 bits per heavy atom. The number of hydrazine groups is 1. The van der Waals surface area contributed by atoms with Crippen LogP contribution in [0.2, 0.25) is 0 Å². The summed E-state index contributed by atoms with van der Waals surface area (Å²) in [5.41, 5.74) is 6.36. The maximum Gasteiger partial charge on any atom is 0.328 e. The van der Waals surface area contributed by atoms with Crippen molar-refractivity contribution in [1.82, 2.24) is 16.1 Å². The van der Waals surface area contributed by atoms with E-state index in [1.54, 1.807) is 46.4 Å². The van der Waals surface area contributed by atoms with E-state index in [9.17, 15) is 14.4 Å². The first-order chi connectivity index (χ1) is 21.2. The van der Waals surface area contributed by atoms with Gasteiger partial charge in [-0.25, -0.2) is 15.4 Å². The third-order valence-corrected chi connectivity index (χ3v) is 7.62. The van der Waals surface area contributed by atoms with Crippen LogP contribution in [0.15, 0.2) is 76.7 Å². The summed E-state index contributed by atoms with van der Waals surface area (Å²) in [7, 11) is 6.54. The van der Waals surface area contributed by atoms with E-state index < -0.39 is 5.91 Å². The number of aliphatic imine (C=N–C) groups is 2. The second-order valence-electron chi connectivity index (χ2n) is 10.4.